The number of fused-ring (bicyclic) bond motifs is 1. The summed E-state index contributed by atoms with van der Waals surface area (Å²) >= 11 is 2.12. The van der Waals surface area contributed by atoms with Gasteiger partial charge in [-0.2, -0.15) is 0 Å². The van der Waals surface area contributed by atoms with Crippen LogP contribution in [-0.4, -0.2) is 24.5 Å². The molecule has 0 atom stereocenters. The molecule has 0 N–H and O–H groups in total. The molecule has 3 rings (SSSR count). The largest absolute Gasteiger partial charge is 0.481 e. The van der Waals surface area contributed by atoms with Gasteiger partial charge in [-0.25, -0.2) is 17.4 Å². The zero-order chi connectivity index (χ0) is 16.8. The number of benzene rings is 1. The SMILES string of the molecule is COc1ccc2c(n1)c(I)c(C)n2S(=O)(=O)c1ccc(C)cc1. The summed E-state index contributed by atoms with van der Waals surface area (Å²) in [6.07, 6.45) is 0. The van der Waals surface area contributed by atoms with E-state index in [1.165, 1.54) is 11.1 Å². The first-order valence-electron chi connectivity index (χ1n) is 6.90. The van der Waals surface area contributed by atoms with E-state index >= 15 is 0 Å². The van der Waals surface area contributed by atoms with Crippen LogP contribution in [-0.2, 0) is 10.0 Å². The number of ether oxygens (including phenoxy) is 1. The molecule has 2 aromatic heterocycles. The summed E-state index contributed by atoms with van der Waals surface area (Å²) in [5.41, 5.74) is 2.83. The molecule has 5 nitrogen and oxygen atoms in total. The highest BCUT2D eigenvalue weighted by Gasteiger charge is 2.25. The van der Waals surface area contributed by atoms with Gasteiger partial charge in [-0.15, -0.1) is 0 Å². The number of methoxy groups -OCH3 is 1. The van der Waals surface area contributed by atoms with Gasteiger partial charge in [-0.3, -0.25) is 0 Å². The van der Waals surface area contributed by atoms with Gasteiger partial charge in [-0.1, -0.05) is 17.7 Å². The molecule has 7 heteroatoms. The quantitative estimate of drug-likeness (QED) is 0.583. The van der Waals surface area contributed by atoms with Gasteiger partial charge in [-0.05, 0) is 54.6 Å². The van der Waals surface area contributed by atoms with E-state index < -0.39 is 10.0 Å². The molecule has 0 aliphatic rings. The Morgan fingerprint density at radius 1 is 1.09 bits per heavy atom. The summed E-state index contributed by atoms with van der Waals surface area (Å²) in [6.45, 7) is 3.70. The maximum absolute atomic E-state index is 13.0. The molecule has 120 valence electrons. The lowest BCUT2D eigenvalue weighted by Crippen LogP contribution is -2.14. The third-order valence-corrected chi connectivity index (χ3v) is 6.78. The van der Waals surface area contributed by atoms with Crippen molar-refractivity contribution in [2.75, 3.05) is 7.11 Å². The highest BCUT2D eigenvalue weighted by atomic mass is 127. The monoisotopic (exact) mass is 442 g/mol. The standard InChI is InChI=1S/C16H15IN2O3S/c1-10-4-6-12(7-5-10)23(20,21)19-11(2)15(17)16-13(19)8-9-14(18-16)22-3/h4-9H,1-3H3. The van der Waals surface area contributed by atoms with E-state index in [0.29, 0.717) is 22.6 Å². The average molecular weight is 442 g/mol. The van der Waals surface area contributed by atoms with Crippen molar-refractivity contribution in [3.8, 4) is 5.88 Å². The van der Waals surface area contributed by atoms with E-state index in [1.807, 2.05) is 6.92 Å². The molecule has 0 aliphatic heterocycles. The summed E-state index contributed by atoms with van der Waals surface area (Å²) in [5, 5.41) is 0. The number of pyridine rings is 1. The van der Waals surface area contributed by atoms with E-state index in [9.17, 15) is 8.42 Å². The second-order valence-electron chi connectivity index (χ2n) is 5.20. The predicted octanol–water partition coefficient (Wildman–Crippen LogP) is 3.50. The maximum atomic E-state index is 13.0. The molecule has 23 heavy (non-hydrogen) atoms. The van der Waals surface area contributed by atoms with Crippen molar-refractivity contribution in [2.45, 2.75) is 18.7 Å². The number of nitrogens with zero attached hydrogens (tertiary/aromatic N) is 2. The van der Waals surface area contributed by atoms with Gasteiger partial charge < -0.3 is 4.74 Å². The van der Waals surface area contributed by atoms with Crippen molar-refractivity contribution in [3.63, 3.8) is 0 Å². The lowest BCUT2D eigenvalue weighted by Gasteiger charge is -2.10. The molecule has 0 saturated carbocycles. The van der Waals surface area contributed by atoms with Crippen molar-refractivity contribution in [2.24, 2.45) is 0 Å². The Balaban J connectivity index is 2.31. The minimum absolute atomic E-state index is 0.260. The number of rotatable bonds is 3. The molecule has 0 fully saturated rings. The van der Waals surface area contributed by atoms with Gasteiger partial charge in [0.25, 0.3) is 10.0 Å². The van der Waals surface area contributed by atoms with E-state index in [0.717, 1.165) is 9.13 Å². The van der Waals surface area contributed by atoms with Crippen molar-refractivity contribution in [3.05, 3.63) is 51.2 Å². The summed E-state index contributed by atoms with van der Waals surface area (Å²) < 4.78 is 33.4. The number of aromatic nitrogens is 2. The Kier molecular flexibility index (Phi) is 4.09. The summed E-state index contributed by atoms with van der Waals surface area (Å²) in [4.78, 5) is 4.64. The van der Waals surface area contributed by atoms with Gasteiger partial charge in [0.15, 0.2) is 0 Å². The second-order valence-corrected chi connectivity index (χ2v) is 8.07. The van der Waals surface area contributed by atoms with Crippen molar-refractivity contribution in [1.29, 1.82) is 0 Å². The molecule has 0 bridgehead atoms. The van der Waals surface area contributed by atoms with Crippen LogP contribution in [0.15, 0.2) is 41.3 Å². The zero-order valence-electron chi connectivity index (χ0n) is 12.9. The number of aryl methyl sites for hydroxylation is 1. The van der Waals surface area contributed by atoms with Gasteiger partial charge in [0, 0.05) is 11.8 Å². The molecule has 0 amide bonds. The van der Waals surface area contributed by atoms with Crippen LogP contribution in [0.2, 0.25) is 0 Å². The fourth-order valence-corrected chi connectivity index (χ4v) is 4.79. The third kappa shape index (κ3) is 2.61. The van der Waals surface area contributed by atoms with E-state index in [-0.39, 0.29) is 4.90 Å². The van der Waals surface area contributed by atoms with Crippen molar-refractivity contribution in [1.82, 2.24) is 8.96 Å². The van der Waals surface area contributed by atoms with Crippen molar-refractivity contribution < 1.29 is 13.2 Å². The first-order valence-corrected chi connectivity index (χ1v) is 9.42. The van der Waals surface area contributed by atoms with E-state index in [2.05, 4.69) is 27.6 Å². The smallest absolute Gasteiger partial charge is 0.268 e. The maximum Gasteiger partial charge on any atom is 0.268 e. The summed E-state index contributed by atoms with van der Waals surface area (Å²) in [7, 11) is -2.15. The molecular formula is C16H15IN2O3S. The lowest BCUT2D eigenvalue weighted by molar-refractivity contribution is 0.399. The third-order valence-electron chi connectivity index (χ3n) is 3.67. The molecule has 0 unspecified atom stereocenters. The van der Waals surface area contributed by atoms with Crippen LogP contribution < -0.4 is 4.74 Å². The van der Waals surface area contributed by atoms with Crippen LogP contribution in [0.4, 0.5) is 0 Å². The minimum Gasteiger partial charge on any atom is -0.481 e. The van der Waals surface area contributed by atoms with Crippen LogP contribution in [0.3, 0.4) is 0 Å². The first-order chi connectivity index (χ1) is 10.9. The van der Waals surface area contributed by atoms with Crippen molar-refractivity contribution >= 4 is 43.6 Å². The topological polar surface area (TPSA) is 61.2 Å². The molecule has 0 saturated heterocycles. The molecule has 0 radical (unpaired) electrons. The zero-order valence-corrected chi connectivity index (χ0v) is 15.8. The van der Waals surface area contributed by atoms with Crippen LogP contribution in [0.25, 0.3) is 11.0 Å². The van der Waals surface area contributed by atoms with E-state index in [4.69, 9.17) is 4.74 Å². The van der Waals surface area contributed by atoms with Crippen LogP contribution in [0.5, 0.6) is 5.88 Å². The number of hydrogen-bond donors (Lipinski definition) is 0. The molecule has 1 aromatic carbocycles. The van der Waals surface area contributed by atoms with Crippen LogP contribution in [0.1, 0.15) is 11.3 Å². The summed E-state index contributed by atoms with van der Waals surface area (Å²) in [5.74, 6) is 0.459. The normalized spacial score (nSPS) is 11.8. The fraction of sp³-hybridized carbons (Fsp3) is 0.188. The highest BCUT2D eigenvalue weighted by molar-refractivity contribution is 14.1. The Hall–Kier alpha value is -1.61. The Morgan fingerprint density at radius 2 is 1.74 bits per heavy atom. The second kappa shape index (κ2) is 5.79. The Morgan fingerprint density at radius 3 is 2.35 bits per heavy atom. The molecule has 0 spiro atoms. The van der Waals surface area contributed by atoms with Gasteiger partial charge in [0.1, 0.15) is 5.52 Å². The van der Waals surface area contributed by atoms with Gasteiger partial charge in [0.05, 0.1) is 21.1 Å². The predicted molar refractivity (Wildman–Crippen MR) is 97.5 cm³/mol. The van der Waals surface area contributed by atoms with E-state index in [1.54, 1.807) is 43.3 Å². The van der Waals surface area contributed by atoms with Gasteiger partial charge in [0.2, 0.25) is 5.88 Å². The Labute approximate surface area is 148 Å². The number of halogens is 1. The average Bonchev–Trinajstić information content (AvgIpc) is 2.79. The molecule has 3 aromatic rings. The Bertz CT molecular complexity index is 992. The number of hydrogen-bond acceptors (Lipinski definition) is 4. The van der Waals surface area contributed by atoms with Crippen LogP contribution in [0, 0.1) is 17.4 Å². The van der Waals surface area contributed by atoms with Gasteiger partial charge >= 0.3 is 0 Å². The molecular weight excluding hydrogens is 427 g/mol. The highest BCUT2D eigenvalue weighted by Crippen LogP contribution is 2.31. The van der Waals surface area contributed by atoms with Crippen LogP contribution >= 0.6 is 22.6 Å². The minimum atomic E-state index is -3.68. The lowest BCUT2D eigenvalue weighted by atomic mass is 10.2. The summed E-state index contributed by atoms with van der Waals surface area (Å²) in [6, 6.07) is 10.2. The molecule has 0 aliphatic carbocycles. The fourth-order valence-electron chi connectivity index (χ4n) is 2.44. The first kappa shape index (κ1) is 16.3. The molecule has 2 heterocycles.